The smallest absolute Gasteiger partial charge is 0.137 e. The molecule has 10 rings (SSSR count). The lowest BCUT2D eigenvalue weighted by Gasteiger charge is -2.27. The van der Waals surface area contributed by atoms with E-state index in [0.717, 1.165) is 44.6 Å². The van der Waals surface area contributed by atoms with Crippen LogP contribution in [0.4, 0.5) is 17.1 Å². The number of benzene rings is 9. The van der Waals surface area contributed by atoms with Crippen molar-refractivity contribution in [3.8, 4) is 44.5 Å². The monoisotopic (exact) mass is 689 g/mol. The Balaban J connectivity index is 1.14. The van der Waals surface area contributed by atoms with E-state index in [2.05, 4.69) is 205 Å². The summed E-state index contributed by atoms with van der Waals surface area (Å²) < 4.78 is 6.40. The average molecular weight is 690 g/mol. The number of fused-ring (bicyclic) bond motifs is 4. The highest BCUT2D eigenvalue weighted by Crippen LogP contribution is 2.44. The summed E-state index contributed by atoms with van der Waals surface area (Å²) in [5.74, 6) is 0. The Kier molecular flexibility index (Phi) is 7.85. The molecule has 254 valence electrons. The standard InChI is InChI=1S/C52H35NO/c1-3-14-36(15-4-1)41-32-42(37-16-5-2-6-17-37)34-43(33-41)38-28-30-44(31-29-38)53(49-25-13-27-51-52(49)48-23-9-10-26-50(48)54-51)45-21-11-20-40(35-45)47-24-12-19-39-18-7-8-22-46(39)47/h1-35H. The van der Waals surface area contributed by atoms with Crippen molar-refractivity contribution in [3.05, 3.63) is 212 Å². The molecule has 2 heteroatoms. The summed E-state index contributed by atoms with van der Waals surface area (Å²) >= 11 is 0. The molecule has 0 radical (unpaired) electrons. The van der Waals surface area contributed by atoms with Gasteiger partial charge in [-0.1, -0.05) is 152 Å². The fraction of sp³-hybridized carbons (Fsp3) is 0. The topological polar surface area (TPSA) is 16.4 Å². The molecule has 0 amide bonds. The number of nitrogens with zero attached hydrogens (tertiary/aromatic N) is 1. The zero-order chi connectivity index (χ0) is 35.8. The summed E-state index contributed by atoms with van der Waals surface area (Å²) in [5.41, 5.74) is 14.5. The fourth-order valence-corrected chi connectivity index (χ4v) is 7.85. The highest BCUT2D eigenvalue weighted by molar-refractivity contribution is 6.13. The second-order valence-corrected chi connectivity index (χ2v) is 13.7. The third kappa shape index (κ3) is 5.71. The largest absolute Gasteiger partial charge is 0.456 e. The second-order valence-electron chi connectivity index (χ2n) is 13.7. The summed E-state index contributed by atoms with van der Waals surface area (Å²) in [6, 6.07) is 75.9. The molecule has 0 spiro atoms. The first-order valence-electron chi connectivity index (χ1n) is 18.4. The maximum Gasteiger partial charge on any atom is 0.137 e. The molecule has 0 aliphatic rings. The summed E-state index contributed by atoms with van der Waals surface area (Å²) in [4.78, 5) is 2.37. The average Bonchev–Trinajstić information content (AvgIpc) is 3.64. The van der Waals surface area contributed by atoms with Crippen molar-refractivity contribution >= 4 is 49.8 Å². The third-order valence-electron chi connectivity index (χ3n) is 10.4. The van der Waals surface area contributed by atoms with Gasteiger partial charge in [0.1, 0.15) is 11.2 Å². The number of anilines is 3. The maximum atomic E-state index is 6.40. The van der Waals surface area contributed by atoms with Gasteiger partial charge in [-0.2, -0.15) is 0 Å². The van der Waals surface area contributed by atoms with Crippen molar-refractivity contribution in [2.45, 2.75) is 0 Å². The van der Waals surface area contributed by atoms with E-state index in [1.54, 1.807) is 0 Å². The van der Waals surface area contributed by atoms with Crippen LogP contribution < -0.4 is 4.90 Å². The van der Waals surface area contributed by atoms with Crippen molar-refractivity contribution in [1.29, 1.82) is 0 Å². The Morgan fingerprint density at radius 2 is 0.852 bits per heavy atom. The number of rotatable bonds is 7. The van der Waals surface area contributed by atoms with Crippen molar-refractivity contribution < 1.29 is 4.42 Å². The normalized spacial score (nSPS) is 11.3. The summed E-state index contributed by atoms with van der Waals surface area (Å²) in [6.07, 6.45) is 0. The van der Waals surface area contributed by atoms with Crippen molar-refractivity contribution in [2.75, 3.05) is 4.90 Å². The van der Waals surface area contributed by atoms with Crippen LogP contribution >= 0.6 is 0 Å². The summed E-state index contributed by atoms with van der Waals surface area (Å²) in [7, 11) is 0. The van der Waals surface area contributed by atoms with Crippen LogP contribution in [0.25, 0.3) is 77.2 Å². The molecule has 1 heterocycles. The molecule has 0 aliphatic heterocycles. The lowest BCUT2D eigenvalue weighted by molar-refractivity contribution is 0.669. The quantitative estimate of drug-likeness (QED) is 0.166. The predicted molar refractivity (Wildman–Crippen MR) is 228 cm³/mol. The fourth-order valence-electron chi connectivity index (χ4n) is 7.85. The number of furan rings is 1. The molecule has 0 saturated carbocycles. The van der Waals surface area contributed by atoms with Gasteiger partial charge in [0.2, 0.25) is 0 Å². The van der Waals surface area contributed by atoms with Gasteiger partial charge in [0.15, 0.2) is 0 Å². The molecule has 54 heavy (non-hydrogen) atoms. The Hall–Kier alpha value is -7.16. The van der Waals surface area contributed by atoms with Gasteiger partial charge in [-0.3, -0.25) is 0 Å². The lowest BCUT2D eigenvalue weighted by Crippen LogP contribution is -2.10. The molecule has 0 N–H and O–H groups in total. The number of para-hydroxylation sites is 1. The third-order valence-corrected chi connectivity index (χ3v) is 10.4. The van der Waals surface area contributed by atoms with Crippen LogP contribution in [0, 0.1) is 0 Å². The maximum absolute atomic E-state index is 6.40. The van der Waals surface area contributed by atoms with Crippen LogP contribution in [-0.2, 0) is 0 Å². The van der Waals surface area contributed by atoms with E-state index in [1.807, 2.05) is 12.1 Å². The van der Waals surface area contributed by atoms with E-state index in [4.69, 9.17) is 4.42 Å². The molecule has 0 unspecified atom stereocenters. The van der Waals surface area contributed by atoms with Gasteiger partial charge in [-0.05, 0) is 116 Å². The zero-order valence-corrected chi connectivity index (χ0v) is 29.6. The minimum absolute atomic E-state index is 0.867. The molecule has 0 fully saturated rings. The van der Waals surface area contributed by atoms with Gasteiger partial charge in [0.05, 0.1) is 11.1 Å². The van der Waals surface area contributed by atoms with Crippen molar-refractivity contribution in [2.24, 2.45) is 0 Å². The van der Waals surface area contributed by atoms with Gasteiger partial charge in [-0.15, -0.1) is 0 Å². The van der Waals surface area contributed by atoms with Crippen LogP contribution in [0.15, 0.2) is 217 Å². The molecule has 0 aliphatic carbocycles. The first-order valence-corrected chi connectivity index (χ1v) is 18.4. The highest BCUT2D eigenvalue weighted by atomic mass is 16.3. The molecule has 10 aromatic rings. The van der Waals surface area contributed by atoms with Gasteiger partial charge in [0, 0.05) is 16.8 Å². The highest BCUT2D eigenvalue weighted by Gasteiger charge is 2.20. The minimum Gasteiger partial charge on any atom is -0.456 e. The molecule has 0 bridgehead atoms. The van der Waals surface area contributed by atoms with Gasteiger partial charge >= 0.3 is 0 Å². The van der Waals surface area contributed by atoms with Crippen LogP contribution in [0.3, 0.4) is 0 Å². The molecular weight excluding hydrogens is 655 g/mol. The summed E-state index contributed by atoms with van der Waals surface area (Å²) in [5, 5.41) is 4.66. The zero-order valence-electron chi connectivity index (χ0n) is 29.6. The van der Waals surface area contributed by atoms with Crippen LogP contribution in [0.1, 0.15) is 0 Å². The van der Waals surface area contributed by atoms with E-state index in [1.165, 1.54) is 49.7 Å². The van der Waals surface area contributed by atoms with E-state index >= 15 is 0 Å². The predicted octanol–water partition coefficient (Wildman–Crippen LogP) is 14.9. The first kappa shape index (κ1) is 31.6. The molecule has 0 saturated heterocycles. The molecule has 0 atom stereocenters. The molecule has 2 nitrogen and oxygen atoms in total. The molecular formula is C52H35NO. The Morgan fingerprint density at radius 1 is 0.315 bits per heavy atom. The number of hydrogen-bond acceptors (Lipinski definition) is 2. The Labute approximate surface area is 314 Å². The molecule has 1 aromatic heterocycles. The van der Waals surface area contributed by atoms with Crippen LogP contribution in [0.5, 0.6) is 0 Å². The van der Waals surface area contributed by atoms with Crippen molar-refractivity contribution in [1.82, 2.24) is 0 Å². The van der Waals surface area contributed by atoms with Crippen LogP contribution in [-0.4, -0.2) is 0 Å². The molecule has 9 aromatic carbocycles. The SMILES string of the molecule is c1ccc(-c2cc(-c3ccccc3)cc(-c3ccc(N(c4cccc(-c5cccc6ccccc56)c4)c4cccc5oc6ccccc6c45)cc3)c2)cc1. The van der Waals surface area contributed by atoms with Crippen molar-refractivity contribution in [3.63, 3.8) is 0 Å². The lowest BCUT2D eigenvalue weighted by atomic mass is 9.93. The Morgan fingerprint density at radius 3 is 1.57 bits per heavy atom. The van der Waals surface area contributed by atoms with E-state index in [0.29, 0.717) is 0 Å². The van der Waals surface area contributed by atoms with Crippen LogP contribution in [0.2, 0.25) is 0 Å². The summed E-state index contributed by atoms with van der Waals surface area (Å²) in [6.45, 7) is 0. The van der Waals surface area contributed by atoms with E-state index < -0.39 is 0 Å². The second kappa shape index (κ2) is 13.4. The van der Waals surface area contributed by atoms with Gasteiger partial charge < -0.3 is 9.32 Å². The Bertz CT molecular complexity index is 2860. The minimum atomic E-state index is 0.867. The van der Waals surface area contributed by atoms with E-state index in [-0.39, 0.29) is 0 Å². The van der Waals surface area contributed by atoms with Gasteiger partial charge in [0.25, 0.3) is 0 Å². The van der Waals surface area contributed by atoms with Gasteiger partial charge in [-0.25, -0.2) is 0 Å². The van der Waals surface area contributed by atoms with E-state index in [9.17, 15) is 0 Å². The first-order chi connectivity index (χ1) is 26.8. The number of hydrogen-bond donors (Lipinski definition) is 0.